The van der Waals surface area contributed by atoms with Crippen LogP contribution in [0, 0.1) is 0 Å². The van der Waals surface area contributed by atoms with Gasteiger partial charge >= 0.3 is 0 Å². The van der Waals surface area contributed by atoms with Crippen molar-refractivity contribution in [3.05, 3.63) is 53.6 Å². The Labute approximate surface area is 139 Å². The number of amides is 2. The van der Waals surface area contributed by atoms with E-state index in [1.54, 1.807) is 42.5 Å². The van der Waals surface area contributed by atoms with Gasteiger partial charge in [-0.3, -0.25) is 9.59 Å². The van der Waals surface area contributed by atoms with E-state index in [9.17, 15) is 14.7 Å². The molecule has 2 aromatic rings. The van der Waals surface area contributed by atoms with Gasteiger partial charge < -0.3 is 15.2 Å². The van der Waals surface area contributed by atoms with Crippen LogP contribution in [-0.4, -0.2) is 30.2 Å². The number of phenols is 1. The molecule has 0 saturated carbocycles. The maximum atomic E-state index is 12.0. The summed E-state index contributed by atoms with van der Waals surface area (Å²) in [5, 5.41) is 16.3. The molecule has 24 heavy (non-hydrogen) atoms. The van der Waals surface area contributed by atoms with E-state index in [-0.39, 0.29) is 11.7 Å². The van der Waals surface area contributed by atoms with Crippen molar-refractivity contribution in [1.29, 1.82) is 0 Å². The van der Waals surface area contributed by atoms with Gasteiger partial charge in [-0.15, -0.1) is 0 Å². The van der Waals surface area contributed by atoms with Gasteiger partial charge in [-0.2, -0.15) is 5.10 Å². The minimum atomic E-state index is -0.414. The molecule has 0 spiro atoms. The largest absolute Gasteiger partial charge is 0.504 e. The van der Waals surface area contributed by atoms with Crippen LogP contribution in [0.1, 0.15) is 22.8 Å². The van der Waals surface area contributed by atoms with E-state index in [1.807, 2.05) is 0 Å². The van der Waals surface area contributed by atoms with Gasteiger partial charge in [0, 0.05) is 23.7 Å². The first-order valence-corrected chi connectivity index (χ1v) is 7.08. The number of nitrogens with one attached hydrogen (secondary N) is 2. The standard InChI is InChI=1S/C17H17N3O4/c1-11(21)19-14-8-6-12(7-9-14)17(23)20-18-10-13-4-3-5-15(24-2)16(13)22/h3-10,22H,1-2H3,(H,19,21)(H,20,23)/b18-10+. The van der Waals surface area contributed by atoms with Crippen LogP contribution in [0.2, 0.25) is 0 Å². The summed E-state index contributed by atoms with van der Waals surface area (Å²) in [6.07, 6.45) is 1.32. The van der Waals surface area contributed by atoms with Gasteiger partial charge in [0.2, 0.25) is 5.91 Å². The van der Waals surface area contributed by atoms with Gasteiger partial charge in [-0.1, -0.05) is 6.07 Å². The lowest BCUT2D eigenvalue weighted by Crippen LogP contribution is -2.17. The van der Waals surface area contributed by atoms with Crippen molar-refractivity contribution in [3.63, 3.8) is 0 Å². The average molecular weight is 327 g/mol. The summed E-state index contributed by atoms with van der Waals surface area (Å²) in [5.41, 5.74) is 3.76. The van der Waals surface area contributed by atoms with Gasteiger partial charge in [-0.05, 0) is 36.4 Å². The Morgan fingerprint density at radius 1 is 1.17 bits per heavy atom. The number of ether oxygens (including phenoxy) is 1. The van der Waals surface area contributed by atoms with Crippen molar-refractivity contribution in [2.75, 3.05) is 12.4 Å². The molecule has 2 amide bonds. The second kappa shape index (κ2) is 7.77. The number of anilines is 1. The molecule has 0 aliphatic carbocycles. The highest BCUT2D eigenvalue weighted by Gasteiger charge is 2.06. The fourth-order valence-corrected chi connectivity index (χ4v) is 1.94. The normalized spacial score (nSPS) is 10.4. The van der Waals surface area contributed by atoms with Gasteiger partial charge in [0.25, 0.3) is 5.91 Å². The average Bonchev–Trinajstić information content (AvgIpc) is 2.56. The molecule has 0 aliphatic rings. The smallest absolute Gasteiger partial charge is 0.271 e. The van der Waals surface area contributed by atoms with Crippen molar-refractivity contribution >= 4 is 23.7 Å². The molecule has 3 N–H and O–H groups in total. The van der Waals surface area contributed by atoms with Crippen LogP contribution in [0.3, 0.4) is 0 Å². The highest BCUT2D eigenvalue weighted by Crippen LogP contribution is 2.27. The number of nitrogens with zero attached hydrogens (tertiary/aromatic N) is 1. The number of phenolic OH excluding ortho intramolecular Hbond substituents is 1. The first-order chi connectivity index (χ1) is 11.5. The number of aromatic hydroxyl groups is 1. The number of carbonyl (C=O) groups excluding carboxylic acids is 2. The molecular weight excluding hydrogens is 310 g/mol. The number of benzene rings is 2. The molecule has 0 heterocycles. The Bertz CT molecular complexity index is 770. The lowest BCUT2D eigenvalue weighted by Gasteiger charge is -2.05. The molecule has 2 rings (SSSR count). The first-order valence-electron chi connectivity index (χ1n) is 7.08. The summed E-state index contributed by atoms with van der Waals surface area (Å²) in [7, 11) is 1.45. The molecule has 124 valence electrons. The van der Waals surface area contributed by atoms with Crippen LogP contribution >= 0.6 is 0 Å². The second-order valence-corrected chi connectivity index (χ2v) is 4.86. The summed E-state index contributed by atoms with van der Waals surface area (Å²) in [6.45, 7) is 1.41. The molecule has 0 saturated heterocycles. The van der Waals surface area contributed by atoms with Crippen molar-refractivity contribution < 1.29 is 19.4 Å². The molecule has 0 atom stereocenters. The van der Waals surface area contributed by atoms with Gasteiger partial charge in [-0.25, -0.2) is 5.43 Å². The van der Waals surface area contributed by atoms with E-state index in [2.05, 4.69) is 15.8 Å². The SMILES string of the molecule is COc1cccc(/C=N/NC(=O)c2ccc(NC(C)=O)cc2)c1O. The lowest BCUT2D eigenvalue weighted by molar-refractivity contribution is -0.114. The number of rotatable bonds is 5. The number of para-hydroxylation sites is 1. The maximum Gasteiger partial charge on any atom is 0.271 e. The Kier molecular flexibility index (Phi) is 5.51. The molecular formula is C17H17N3O4. The van der Waals surface area contributed by atoms with E-state index in [0.29, 0.717) is 22.6 Å². The quantitative estimate of drug-likeness (QED) is 0.578. The third-order valence-electron chi connectivity index (χ3n) is 3.09. The van der Waals surface area contributed by atoms with Gasteiger partial charge in [0.15, 0.2) is 11.5 Å². The van der Waals surface area contributed by atoms with Crippen LogP contribution < -0.4 is 15.5 Å². The topological polar surface area (TPSA) is 100 Å². The summed E-state index contributed by atoms with van der Waals surface area (Å²) in [6, 6.07) is 11.3. The Hall–Kier alpha value is -3.35. The minimum Gasteiger partial charge on any atom is -0.504 e. The zero-order valence-corrected chi connectivity index (χ0v) is 13.2. The monoisotopic (exact) mass is 327 g/mol. The van der Waals surface area contributed by atoms with Crippen molar-refractivity contribution in [3.8, 4) is 11.5 Å². The summed E-state index contributed by atoms with van der Waals surface area (Å²) in [4.78, 5) is 22.9. The van der Waals surface area contributed by atoms with Crippen LogP contribution in [0.4, 0.5) is 5.69 Å². The Morgan fingerprint density at radius 2 is 1.88 bits per heavy atom. The van der Waals surface area contributed by atoms with Crippen LogP contribution in [-0.2, 0) is 4.79 Å². The lowest BCUT2D eigenvalue weighted by atomic mass is 10.2. The number of carbonyl (C=O) groups is 2. The number of hydrogen-bond donors (Lipinski definition) is 3. The zero-order valence-electron chi connectivity index (χ0n) is 13.2. The fraction of sp³-hybridized carbons (Fsp3) is 0.118. The molecule has 0 bridgehead atoms. The summed E-state index contributed by atoms with van der Waals surface area (Å²) in [5.74, 6) is -0.339. The predicted octanol–water partition coefficient (Wildman–Crippen LogP) is 2.12. The molecule has 7 nitrogen and oxygen atoms in total. The van der Waals surface area contributed by atoms with E-state index in [1.165, 1.54) is 20.2 Å². The first kappa shape index (κ1) is 17.0. The Balaban J connectivity index is 2.01. The zero-order chi connectivity index (χ0) is 17.5. The molecule has 0 fully saturated rings. The molecule has 2 aromatic carbocycles. The number of hydrogen-bond acceptors (Lipinski definition) is 5. The third-order valence-corrected chi connectivity index (χ3v) is 3.09. The van der Waals surface area contributed by atoms with E-state index >= 15 is 0 Å². The summed E-state index contributed by atoms with van der Waals surface area (Å²) >= 11 is 0. The minimum absolute atomic E-state index is 0.0577. The number of hydrazone groups is 1. The molecule has 0 radical (unpaired) electrons. The van der Waals surface area contributed by atoms with Crippen LogP contribution in [0.5, 0.6) is 11.5 Å². The number of methoxy groups -OCH3 is 1. The summed E-state index contributed by atoms with van der Waals surface area (Å²) < 4.78 is 4.99. The van der Waals surface area contributed by atoms with Crippen molar-refractivity contribution in [2.24, 2.45) is 5.10 Å². The van der Waals surface area contributed by atoms with E-state index < -0.39 is 5.91 Å². The fourth-order valence-electron chi connectivity index (χ4n) is 1.94. The van der Waals surface area contributed by atoms with E-state index in [0.717, 1.165) is 0 Å². The third kappa shape index (κ3) is 4.33. The molecule has 0 aliphatic heterocycles. The van der Waals surface area contributed by atoms with Crippen molar-refractivity contribution in [1.82, 2.24) is 5.43 Å². The van der Waals surface area contributed by atoms with Crippen molar-refractivity contribution in [2.45, 2.75) is 6.92 Å². The predicted molar refractivity (Wildman–Crippen MR) is 90.5 cm³/mol. The molecule has 7 heteroatoms. The van der Waals surface area contributed by atoms with Crippen LogP contribution in [0.15, 0.2) is 47.6 Å². The highest BCUT2D eigenvalue weighted by atomic mass is 16.5. The van der Waals surface area contributed by atoms with E-state index in [4.69, 9.17) is 4.74 Å². The second-order valence-electron chi connectivity index (χ2n) is 4.86. The molecule has 0 aromatic heterocycles. The Morgan fingerprint density at radius 3 is 2.50 bits per heavy atom. The maximum absolute atomic E-state index is 12.0. The molecule has 0 unspecified atom stereocenters. The van der Waals surface area contributed by atoms with Gasteiger partial charge in [0.05, 0.1) is 13.3 Å². The van der Waals surface area contributed by atoms with Gasteiger partial charge in [0.1, 0.15) is 0 Å². The highest BCUT2D eigenvalue weighted by molar-refractivity contribution is 5.96. The van der Waals surface area contributed by atoms with Crippen LogP contribution in [0.25, 0.3) is 0 Å².